The van der Waals surface area contributed by atoms with Crippen LogP contribution in [0.25, 0.3) is 0 Å². The molecule has 0 saturated heterocycles. The van der Waals surface area contributed by atoms with Gasteiger partial charge in [0, 0.05) is 0 Å². The van der Waals surface area contributed by atoms with E-state index in [1.165, 1.54) is 0 Å². The molecule has 88 valence electrons. The maximum Gasteiger partial charge on any atom is 0.309 e. The minimum atomic E-state index is -0.0414. The summed E-state index contributed by atoms with van der Waals surface area (Å²) in [7, 11) is 0. The molecule has 15 heavy (non-hydrogen) atoms. The van der Waals surface area contributed by atoms with E-state index in [1.54, 1.807) is 0 Å². The number of hydrogen-bond donors (Lipinski definition) is 0. The highest BCUT2D eigenvalue weighted by Gasteiger charge is 2.22. The first-order valence-corrected chi connectivity index (χ1v) is 5.91. The van der Waals surface area contributed by atoms with Crippen LogP contribution < -0.4 is 0 Å². The Kier molecular flexibility index (Phi) is 8.06. The van der Waals surface area contributed by atoms with Gasteiger partial charge in [-0.25, -0.2) is 0 Å². The fourth-order valence-corrected chi connectivity index (χ4v) is 1.44. The Balaban J connectivity index is 3.98. The van der Waals surface area contributed by atoms with Crippen LogP contribution >= 0.6 is 0 Å². The van der Waals surface area contributed by atoms with Crippen molar-refractivity contribution >= 4 is 5.97 Å². The molecular weight excluding hydrogens is 188 g/mol. The molecule has 0 amide bonds. The summed E-state index contributed by atoms with van der Waals surface area (Å²) in [5.41, 5.74) is 0. The van der Waals surface area contributed by atoms with Gasteiger partial charge in [-0.2, -0.15) is 0 Å². The molecule has 0 aromatic rings. The molecular formula is C13H24O2. The van der Waals surface area contributed by atoms with Crippen molar-refractivity contribution in [1.82, 2.24) is 0 Å². The molecule has 1 atom stereocenters. The number of ether oxygens (including phenoxy) is 1. The first kappa shape index (κ1) is 14.2. The summed E-state index contributed by atoms with van der Waals surface area (Å²) in [6.07, 6.45) is 5.61. The van der Waals surface area contributed by atoms with Crippen LogP contribution in [0.3, 0.4) is 0 Å². The average Bonchev–Trinajstić information content (AvgIpc) is 2.18. The number of allylic oxidation sites excluding steroid dienone is 1. The Bertz CT molecular complexity index is 185. The highest BCUT2D eigenvalue weighted by atomic mass is 16.5. The van der Waals surface area contributed by atoms with Gasteiger partial charge in [0.05, 0.1) is 12.5 Å². The van der Waals surface area contributed by atoms with E-state index in [2.05, 4.69) is 27.4 Å². The Morgan fingerprint density at radius 1 is 1.47 bits per heavy atom. The van der Waals surface area contributed by atoms with Crippen molar-refractivity contribution in [3.05, 3.63) is 12.7 Å². The van der Waals surface area contributed by atoms with E-state index in [4.69, 9.17) is 4.74 Å². The zero-order valence-corrected chi connectivity index (χ0v) is 10.3. The molecule has 0 aromatic heterocycles. The molecule has 0 radical (unpaired) electrons. The maximum absolute atomic E-state index is 11.7. The van der Waals surface area contributed by atoms with Crippen LogP contribution in [0.2, 0.25) is 0 Å². The number of rotatable bonds is 8. The number of hydrogen-bond acceptors (Lipinski definition) is 2. The van der Waals surface area contributed by atoms with Crippen molar-refractivity contribution in [3.8, 4) is 0 Å². The van der Waals surface area contributed by atoms with Gasteiger partial charge in [-0.3, -0.25) is 4.79 Å². The van der Waals surface area contributed by atoms with Gasteiger partial charge in [-0.15, -0.1) is 6.58 Å². The van der Waals surface area contributed by atoms with Gasteiger partial charge in [0.2, 0.25) is 0 Å². The van der Waals surface area contributed by atoms with Crippen molar-refractivity contribution in [2.75, 3.05) is 6.61 Å². The monoisotopic (exact) mass is 212 g/mol. The van der Waals surface area contributed by atoms with Crippen LogP contribution in [0.1, 0.15) is 46.5 Å². The van der Waals surface area contributed by atoms with E-state index in [0.29, 0.717) is 12.5 Å². The van der Waals surface area contributed by atoms with Crippen LogP contribution in [0.15, 0.2) is 12.7 Å². The van der Waals surface area contributed by atoms with Crippen LogP contribution in [-0.2, 0) is 9.53 Å². The van der Waals surface area contributed by atoms with E-state index in [-0.39, 0.29) is 11.9 Å². The van der Waals surface area contributed by atoms with E-state index in [9.17, 15) is 4.79 Å². The smallest absolute Gasteiger partial charge is 0.309 e. The molecule has 0 aliphatic heterocycles. The third-order valence-electron chi connectivity index (χ3n) is 2.53. The summed E-state index contributed by atoms with van der Waals surface area (Å²) in [5, 5.41) is 0. The summed E-state index contributed by atoms with van der Waals surface area (Å²) in [6.45, 7) is 10.5. The molecule has 0 saturated carbocycles. The summed E-state index contributed by atoms with van der Waals surface area (Å²) in [6, 6.07) is 0. The van der Waals surface area contributed by atoms with Gasteiger partial charge in [0.15, 0.2) is 0 Å². The predicted octanol–water partition coefficient (Wildman–Crippen LogP) is 3.57. The fraction of sp³-hybridized carbons (Fsp3) is 0.769. The van der Waals surface area contributed by atoms with Gasteiger partial charge in [-0.1, -0.05) is 33.3 Å². The largest absolute Gasteiger partial charge is 0.465 e. The minimum Gasteiger partial charge on any atom is -0.465 e. The minimum absolute atomic E-state index is 0.0276. The number of carbonyl (C=O) groups excluding carboxylic acids is 1. The molecule has 0 N–H and O–H groups in total. The van der Waals surface area contributed by atoms with Crippen molar-refractivity contribution in [3.63, 3.8) is 0 Å². The average molecular weight is 212 g/mol. The quantitative estimate of drug-likeness (QED) is 0.349. The highest BCUT2D eigenvalue weighted by molar-refractivity contribution is 5.72. The molecule has 2 heteroatoms. The Labute approximate surface area is 93.7 Å². The van der Waals surface area contributed by atoms with Gasteiger partial charge in [0.1, 0.15) is 0 Å². The van der Waals surface area contributed by atoms with E-state index in [1.807, 2.05) is 6.08 Å². The summed E-state index contributed by atoms with van der Waals surface area (Å²) >= 11 is 0. The van der Waals surface area contributed by atoms with E-state index >= 15 is 0 Å². The lowest BCUT2D eigenvalue weighted by Crippen LogP contribution is -2.23. The SMILES string of the molecule is C=CCCC(C(=O)OCCCC)C(C)C. The molecule has 0 spiro atoms. The normalized spacial score (nSPS) is 12.5. The zero-order valence-electron chi connectivity index (χ0n) is 10.3. The van der Waals surface area contributed by atoms with Crippen LogP contribution in [0.5, 0.6) is 0 Å². The second-order valence-electron chi connectivity index (χ2n) is 4.24. The number of esters is 1. The molecule has 1 unspecified atom stereocenters. The number of carbonyl (C=O) groups is 1. The third kappa shape index (κ3) is 6.32. The van der Waals surface area contributed by atoms with Gasteiger partial charge in [-0.05, 0) is 25.2 Å². The first-order valence-electron chi connectivity index (χ1n) is 5.91. The van der Waals surface area contributed by atoms with Crippen LogP contribution in [0.4, 0.5) is 0 Å². The lowest BCUT2D eigenvalue weighted by molar-refractivity contribution is -0.150. The number of unbranched alkanes of at least 4 members (excludes halogenated alkanes) is 1. The van der Waals surface area contributed by atoms with E-state index < -0.39 is 0 Å². The lowest BCUT2D eigenvalue weighted by atomic mass is 9.91. The Hall–Kier alpha value is -0.790. The summed E-state index contributed by atoms with van der Waals surface area (Å²) < 4.78 is 5.23. The van der Waals surface area contributed by atoms with Crippen molar-refractivity contribution in [2.45, 2.75) is 46.5 Å². The van der Waals surface area contributed by atoms with Crippen molar-refractivity contribution < 1.29 is 9.53 Å². The van der Waals surface area contributed by atoms with Gasteiger partial charge >= 0.3 is 5.97 Å². The highest BCUT2D eigenvalue weighted by Crippen LogP contribution is 2.19. The molecule has 0 bridgehead atoms. The molecule has 0 fully saturated rings. The van der Waals surface area contributed by atoms with Crippen molar-refractivity contribution in [1.29, 1.82) is 0 Å². The standard InChI is InChI=1S/C13H24O2/c1-5-7-9-12(11(3)4)13(14)15-10-8-6-2/h5,11-12H,1,6-10H2,2-4H3. The zero-order chi connectivity index (χ0) is 11.7. The molecule has 0 heterocycles. The second-order valence-corrected chi connectivity index (χ2v) is 4.24. The van der Waals surface area contributed by atoms with Crippen molar-refractivity contribution in [2.24, 2.45) is 11.8 Å². The molecule has 2 nitrogen and oxygen atoms in total. The van der Waals surface area contributed by atoms with Crippen LogP contribution in [0, 0.1) is 11.8 Å². The van der Waals surface area contributed by atoms with E-state index in [0.717, 1.165) is 25.7 Å². The van der Waals surface area contributed by atoms with Gasteiger partial charge in [0.25, 0.3) is 0 Å². The maximum atomic E-state index is 11.7. The second kappa shape index (κ2) is 8.51. The third-order valence-corrected chi connectivity index (χ3v) is 2.53. The Morgan fingerprint density at radius 3 is 2.60 bits per heavy atom. The summed E-state index contributed by atoms with van der Waals surface area (Å²) in [5.74, 6) is 0.333. The first-order chi connectivity index (χ1) is 7.13. The fourth-order valence-electron chi connectivity index (χ4n) is 1.44. The molecule has 0 aliphatic carbocycles. The van der Waals surface area contributed by atoms with Gasteiger partial charge < -0.3 is 4.74 Å². The molecule has 0 aliphatic rings. The lowest BCUT2D eigenvalue weighted by Gasteiger charge is -2.18. The Morgan fingerprint density at radius 2 is 2.13 bits per heavy atom. The molecule has 0 rings (SSSR count). The van der Waals surface area contributed by atoms with Crippen LogP contribution in [-0.4, -0.2) is 12.6 Å². The topological polar surface area (TPSA) is 26.3 Å². The summed E-state index contributed by atoms with van der Waals surface area (Å²) in [4.78, 5) is 11.7. The predicted molar refractivity (Wildman–Crippen MR) is 63.6 cm³/mol. The molecule has 0 aromatic carbocycles.